The number of hydrogen-bond donors (Lipinski definition) is 2. The normalized spacial score (nSPS) is 11.2. The number of nitrogens with two attached hydrogens (primary N) is 1. The van der Waals surface area contributed by atoms with Crippen molar-refractivity contribution in [2.45, 2.75) is 13.2 Å². The van der Waals surface area contributed by atoms with Crippen molar-refractivity contribution in [3.63, 3.8) is 0 Å². The molecule has 0 atom stereocenters. The number of benzene rings is 1. The van der Waals surface area contributed by atoms with Crippen LogP contribution in [0.3, 0.4) is 0 Å². The Morgan fingerprint density at radius 1 is 1.47 bits per heavy atom. The maximum absolute atomic E-state index is 12.0. The van der Waals surface area contributed by atoms with Crippen molar-refractivity contribution in [2.75, 3.05) is 5.73 Å². The molecule has 0 fully saturated rings. The van der Waals surface area contributed by atoms with Crippen LogP contribution in [0.5, 0.6) is 0 Å². The van der Waals surface area contributed by atoms with E-state index in [0.29, 0.717) is 32.1 Å². The van der Waals surface area contributed by atoms with Crippen LogP contribution < -0.4 is 5.73 Å². The third-order valence-corrected chi connectivity index (χ3v) is 3.60. The SMILES string of the molecule is Nc1cc(-c2n[nH]c(COC(F)F)c2Br)ccc1Cl. The van der Waals surface area contributed by atoms with Crippen molar-refractivity contribution in [3.8, 4) is 11.3 Å². The smallest absolute Gasteiger partial charge is 0.345 e. The van der Waals surface area contributed by atoms with Gasteiger partial charge in [-0.2, -0.15) is 13.9 Å². The number of ether oxygens (including phenoxy) is 1. The number of rotatable bonds is 4. The fourth-order valence-electron chi connectivity index (χ4n) is 1.49. The molecule has 102 valence electrons. The third-order valence-electron chi connectivity index (χ3n) is 2.40. The first kappa shape index (κ1) is 14.2. The van der Waals surface area contributed by atoms with Gasteiger partial charge in [0.2, 0.25) is 0 Å². The lowest BCUT2D eigenvalue weighted by atomic mass is 10.1. The summed E-state index contributed by atoms with van der Waals surface area (Å²) in [5.41, 5.74) is 7.81. The summed E-state index contributed by atoms with van der Waals surface area (Å²) in [6, 6.07) is 5.03. The highest BCUT2D eigenvalue weighted by Crippen LogP contribution is 2.32. The van der Waals surface area contributed by atoms with Gasteiger partial charge in [-0.15, -0.1) is 0 Å². The molecule has 0 saturated heterocycles. The summed E-state index contributed by atoms with van der Waals surface area (Å²) in [7, 11) is 0. The lowest BCUT2D eigenvalue weighted by molar-refractivity contribution is -0.138. The van der Waals surface area contributed by atoms with Crippen LogP contribution in [0.1, 0.15) is 5.69 Å². The molecule has 4 nitrogen and oxygen atoms in total. The summed E-state index contributed by atoms with van der Waals surface area (Å²) in [5.74, 6) is 0. The van der Waals surface area contributed by atoms with Crippen LogP contribution in [0.4, 0.5) is 14.5 Å². The van der Waals surface area contributed by atoms with Gasteiger partial charge in [0.15, 0.2) is 0 Å². The number of nitrogen functional groups attached to an aromatic ring is 1. The van der Waals surface area contributed by atoms with Crippen LogP contribution in [0.2, 0.25) is 5.02 Å². The quantitative estimate of drug-likeness (QED) is 0.822. The zero-order valence-electron chi connectivity index (χ0n) is 9.46. The molecule has 0 unspecified atom stereocenters. The first-order valence-electron chi connectivity index (χ1n) is 5.17. The number of H-pyrrole nitrogens is 1. The molecule has 0 radical (unpaired) electrons. The molecule has 2 rings (SSSR count). The Labute approximate surface area is 121 Å². The Balaban J connectivity index is 2.28. The summed E-state index contributed by atoms with van der Waals surface area (Å²) in [4.78, 5) is 0. The van der Waals surface area contributed by atoms with Crippen molar-refractivity contribution in [1.29, 1.82) is 0 Å². The number of aromatic amines is 1. The molecular formula is C11H9BrClF2N3O. The van der Waals surface area contributed by atoms with Crippen molar-refractivity contribution in [2.24, 2.45) is 0 Å². The van der Waals surface area contributed by atoms with Gasteiger partial charge in [0.25, 0.3) is 0 Å². The maximum Gasteiger partial charge on any atom is 0.345 e. The van der Waals surface area contributed by atoms with Crippen LogP contribution >= 0.6 is 27.5 Å². The minimum absolute atomic E-state index is 0.270. The molecule has 0 bridgehead atoms. The molecule has 0 aliphatic rings. The van der Waals surface area contributed by atoms with Crippen LogP contribution in [-0.2, 0) is 11.3 Å². The summed E-state index contributed by atoms with van der Waals surface area (Å²) >= 11 is 9.12. The molecule has 0 saturated carbocycles. The molecule has 3 N–H and O–H groups in total. The second kappa shape index (κ2) is 5.85. The molecule has 0 spiro atoms. The summed E-state index contributed by atoms with van der Waals surface area (Å²) in [6.45, 7) is -3.10. The van der Waals surface area contributed by atoms with Crippen molar-refractivity contribution < 1.29 is 13.5 Å². The standard InChI is InChI=1S/C11H9BrClF2N3O/c12-9-8(4-19-11(14)15)17-18-10(9)5-1-2-6(13)7(16)3-5/h1-3,11H,4,16H2,(H,17,18). The zero-order valence-corrected chi connectivity index (χ0v) is 11.8. The predicted molar refractivity (Wildman–Crippen MR) is 71.9 cm³/mol. The molecular weight excluding hydrogens is 343 g/mol. The average molecular weight is 353 g/mol. The minimum atomic E-state index is -2.83. The molecule has 1 aromatic heterocycles. The number of anilines is 1. The number of hydrogen-bond acceptors (Lipinski definition) is 3. The molecule has 19 heavy (non-hydrogen) atoms. The topological polar surface area (TPSA) is 63.9 Å². The molecule has 8 heteroatoms. The predicted octanol–water partition coefficient (Wildman–Crippen LogP) is 3.81. The van der Waals surface area contributed by atoms with Gasteiger partial charge in [0.05, 0.1) is 27.5 Å². The van der Waals surface area contributed by atoms with Gasteiger partial charge in [0, 0.05) is 5.56 Å². The molecule has 0 aliphatic carbocycles. The summed E-state index contributed by atoms with van der Waals surface area (Å²) < 4.78 is 28.7. The number of nitrogens with zero attached hydrogens (tertiary/aromatic N) is 1. The van der Waals surface area contributed by atoms with E-state index in [0.717, 1.165) is 0 Å². The highest BCUT2D eigenvalue weighted by Gasteiger charge is 2.14. The van der Waals surface area contributed by atoms with Crippen LogP contribution in [-0.4, -0.2) is 16.8 Å². The van der Waals surface area contributed by atoms with Gasteiger partial charge in [-0.3, -0.25) is 5.10 Å². The third kappa shape index (κ3) is 3.23. The van der Waals surface area contributed by atoms with Gasteiger partial charge in [0.1, 0.15) is 5.69 Å². The first-order chi connectivity index (χ1) is 8.99. The van der Waals surface area contributed by atoms with Crippen LogP contribution in [0.25, 0.3) is 11.3 Å². The van der Waals surface area contributed by atoms with E-state index in [4.69, 9.17) is 17.3 Å². The Hall–Kier alpha value is -1.18. The first-order valence-corrected chi connectivity index (χ1v) is 6.34. The fourth-order valence-corrected chi connectivity index (χ4v) is 2.13. The monoisotopic (exact) mass is 351 g/mol. The largest absolute Gasteiger partial charge is 0.398 e. The summed E-state index contributed by atoms with van der Waals surface area (Å²) in [6.07, 6.45) is 0. The second-order valence-corrected chi connectivity index (χ2v) is 4.87. The van der Waals surface area contributed by atoms with Gasteiger partial charge in [-0.05, 0) is 28.1 Å². The van der Waals surface area contributed by atoms with Crippen molar-refractivity contribution >= 4 is 33.2 Å². The van der Waals surface area contributed by atoms with Crippen molar-refractivity contribution in [1.82, 2.24) is 10.2 Å². The number of halogens is 4. The Bertz CT molecular complexity index is 591. The van der Waals surface area contributed by atoms with E-state index in [9.17, 15) is 8.78 Å². The Morgan fingerprint density at radius 3 is 2.84 bits per heavy atom. The highest BCUT2D eigenvalue weighted by atomic mass is 79.9. The lowest BCUT2D eigenvalue weighted by Crippen LogP contribution is -1.99. The van der Waals surface area contributed by atoms with E-state index >= 15 is 0 Å². The van der Waals surface area contributed by atoms with E-state index in [-0.39, 0.29) is 6.61 Å². The number of aromatic nitrogens is 2. The van der Waals surface area contributed by atoms with Crippen LogP contribution in [0.15, 0.2) is 22.7 Å². The van der Waals surface area contributed by atoms with E-state index in [1.54, 1.807) is 18.2 Å². The lowest BCUT2D eigenvalue weighted by Gasteiger charge is -2.03. The van der Waals surface area contributed by atoms with Gasteiger partial charge in [-0.1, -0.05) is 17.7 Å². The molecule has 0 aliphatic heterocycles. The van der Waals surface area contributed by atoms with E-state index in [2.05, 4.69) is 30.9 Å². The number of nitrogens with one attached hydrogen (secondary N) is 1. The Morgan fingerprint density at radius 2 is 2.21 bits per heavy atom. The maximum atomic E-state index is 12.0. The fraction of sp³-hybridized carbons (Fsp3) is 0.182. The molecule has 1 heterocycles. The average Bonchev–Trinajstić information content (AvgIpc) is 2.72. The van der Waals surface area contributed by atoms with Crippen molar-refractivity contribution in [3.05, 3.63) is 33.4 Å². The second-order valence-electron chi connectivity index (χ2n) is 3.67. The zero-order chi connectivity index (χ0) is 14.0. The van der Waals surface area contributed by atoms with Gasteiger partial charge < -0.3 is 10.5 Å². The van der Waals surface area contributed by atoms with E-state index < -0.39 is 6.61 Å². The minimum Gasteiger partial charge on any atom is -0.398 e. The summed E-state index contributed by atoms with van der Waals surface area (Å²) in [5, 5.41) is 7.11. The molecule has 0 amide bonds. The Kier molecular flexibility index (Phi) is 4.38. The molecule has 2 aromatic rings. The number of alkyl halides is 2. The van der Waals surface area contributed by atoms with E-state index in [1.165, 1.54) is 0 Å². The van der Waals surface area contributed by atoms with Crippen LogP contribution in [0, 0.1) is 0 Å². The van der Waals surface area contributed by atoms with Gasteiger partial charge >= 0.3 is 6.61 Å². The molecule has 1 aromatic carbocycles. The van der Waals surface area contributed by atoms with Gasteiger partial charge in [-0.25, -0.2) is 0 Å². The van der Waals surface area contributed by atoms with E-state index in [1.807, 2.05) is 0 Å². The highest BCUT2D eigenvalue weighted by molar-refractivity contribution is 9.10.